The Kier molecular flexibility index (Phi) is 4.04. The molecule has 112 valence electrons. The van der Waals surface area contributed by atoms with Gasteiger partial charge >= 0.3 is 0 Å². The zero-order valence-electron chi connectivity index (χ0n) is 11.3. The number of aromatic nitrogens is 2. The van der Waals surface area contributed by atoms with Crippen LogP contribution in [0.3, 0.4) is 0 Å². The highest BCUT2D eigenvalue weighted by Crippen LogP contribution is 2.25. The van der Waals surface area contributed by atoms with E-state index in [-0.39, 0.29) is 21.5 Å². The number of rotatable bonds is 3. The van der Waals surface area contributed by atoms with Crippen LogP contribution in [-0.4, -0.2) is 24.1 Å². The lowest BCUT2D eigenvalue weighted by molar-refractivity contribution is 0.102. The molecule has 0 fully saturated rings. The van der Waals surface area contributed by atoms with Gasteiger partial charge in [-0.05, 0) is 25.1 Å². The highest BCUT2D eigenvalue weighted by Gasteiger charge is 2.16. The molecular weight excluding hydrogens is 316 g/mol. The van der Waals surface area contributed by atoms with Crippen molar-refractivity contribution in [1.29, 1.82) is 0 Å². The molecule has 0 saturated heterocycles. The molecule has 0 aliphatic carbocycles. The molecule has 1 aromatic carbocycles. The average Bonchev–Trinajstić information content (AvgIpc) is 2.71. The van der Waals surface area contributed by atoms with Gasteiger partial charge in [-0.15, -0.1) is 0 Å². The first kappa shape index (κ1) is 15.5. The lowest BCUT2D eigenvalue weighted by Gasteiger charge is -2.08. The Labute approximate surface area is 126 Å². The zero-order chi connectivity index (χ0) is 15.8. The van der Waals surface area contributed by atoms with Gasteiger partial charge in [0.2, 0.25) is 10.0 Å². The number of anilines is 1. The van der Waals surface area contributed by atoms with Crippen LogP contribution in [0.2, 0.25) is 5.02 Å². The number of carbonyl (C=O) groups excluding carboxylic acids is 1. The van der Waals surface area contributed by atoms with E-state index in [1.54, 1.807) is 18.7 Å². The molecule has 0 radical (unpaired) electrons. The van der Waals surface area contributed by atoms with Crippen LogP contribution in [-0.2, 0) is 17.1 Å². The molecule has 0 bridgehead atoms. The van der Waals surface area contributed by atoms with E-state index in [2.05, 4.69) is 10.4 Å². The summed E-state index contributed by atoms with van der Waals surface area (Å²) in [6, 6.07) is 3.83. The quantitative estimate of drug-likeness (QED) is 0.884. The fourth-order valence-electron chi connectivity index (χ4n) is 1.69. The van der Waals surface area contributed by atoms with Gasteiger partial charge in [-0.1, -0.05) is 11.6 Å². The molecule has 3 N–H and O–H groups in total. The summed E-state index contributed by atoms with van der Waals surface area (Å²) in [5.74, 6) is -0.383. The van der Waals surface area contributed by atoms with E-state index in [9.17, 15) is 13.2 Å². The Morgan fingerprint density at radius 3 is 2.57 bits per heavy atom. The third kappa shape index (κ3) is 3.23. The van der Waals surface area contributed by atoms with Gasteiger partial charge in [-0.2, -0.15) is 5.10 Å². The first-order valence-electron chi connectivity index (χ1n) is 5.82. The lowest BCUT2D eigenvalue weighted by atomic mass is 10.2. The molecule has 2 rings (SSSR count). The third-order valence-corrected chi connectivity index (χ3v) is 4.22. The molecule has 0 saturated carbocycles. The van der Waals surface area contributed by atoms with Gasteiger partial charge in [-0.3, -0.25) is 9.48 Å². The highest BCUT2D eigenvalue weighted by molar-refractivity contribution is 7.89. The molecule has 0 spiro atoms. The summed E-state index contributed by atoms with van der Waals surface area (Å²) in [4.78, 5) is 12.0. The summed E-state index contributed by atoms with van der Waals surface area (Å²) in [5, 5.41) is 11.7. The van der Waals surface area contributed by atoms with E-state index in [1.807, 2.05) is 0 Å². The number of aryl methyl sites for hydroxylation is 1. The van der Waals surface area contributed by atoms with Crippen molar-refractivity contribution in [2.75, 3.05) is 5.32 Å². The topological polar surface area (TPSA) is 107 Å². The van der Waals surface area contributed by atoms with Gasteiger partial charge in [0.1, 0.15) is 0 Å². The van der Waals surface area contributed by atoms with Crippen LogP contribution in [0.4, 0.5) is 5.69 Å². The minimum absolute atomic E-state index is 0.0800. The smallest absolute Gasteiger partial charge is 0.259 e. The van der Waals surface area contributed by atoms with Crippen molar-refractivity contribution >= 4 is 33.2 Å². The molecule has 1 heterocycles. The number of halogens is 1. The minimum Gasteiger partial charge on any atom is -0.321 e. The summed E-state index contributed by atoms with van der Waals surface area (Å²) >= 11 is 5.96. The van der Waals surface area contributed by atoms with Gasteiger partial charge in [0.05, 0.1) is 27.4 Å². The second kappa shape index (κ2) is 5.47. The molecule has 1 amide bonds. The predicted molar refractivity (Wildman–Crippen MR) is 78.7 cm³/mol. The Balaban J connectivity index is 2.28. The molecule has 0 aliphatic rings. The largest absolute Gasteiger partial charge is 0.321 e. The van der Waals surface area contributed by atoms with Crippen LogP contribution >= 0.6 is 11.6 Å². The number of amides is 1. The molecule has 9 heteroatoms. The van der Waals surface area contributed by atoms with Crippen LogP contribution in [0.5, 0.6) is 0 Å². The van der Waals surface area contributed by atoms with Gasteiger partial charge in [-0.25, -0.2) is 13.6 Å². The molecule has 0 aliphatic heterocycles. The first-order valence-corrected chi connectivity index (χ1v) is 7.75. The summed E-state index contributed by atoms with van der Waals surface area (Å²) in [6.45, 7) is 1.76. The summed E-state index contributed by atoms with van der Waals surface area (Å²) < 4.78 is 24.0. The van der Waals surface area contributed by atoms with Crippen LogP contribution in [0.25, 0.3) is 0 Å². The second-order valence-electron chi connectivity index (χ2n) is 4.41. The number of nitrogens with one attached hydrogen (secondary N) is 1. The Hall–Kier alpha value is -1.90. The summed E-state index contributed by atoms with van der Waals surface area (Å²) in [7, 11) is -2.11. The van der Waals surface area contributed by atoms with Crippen LogP contribution in [0, 0.1) is 6.92 Å². The Morgan fingerprint density at radius 2 is 2.10 bits per heavy atom. The van der Waals surface area contributed by atoms with Crippen molar-refractivity contribution in [2.45, 2.75) is 11.8 Å². The second-order valence-corrected chi connectivity index (χ2v) is 6.38. The van der Waals surface area contributed by atoms with Crippen molar-refractivity contribution in [2.24, 2.45) is 12.2 Å². The van der Waals surface area contributed by atoms with Crippen molar-refractivity contribution in [3.05, 3.63) is 40.7 Å². The molecule has 7 nitrogen and oxygen atoms in total. The first-order chi connectivity index (χ1) is 9.70. The van der Waals surface area contributed by atoms with Gasteiger partial charge in [0.25, 0.3) is 5.91 Å². The number of nitrogens with two attached hydrogens (primary N) is 1. The fraction of sp³-hybridized carbons (Fsp3) is 0.167. The maximum Gasteiger partial charge on any atom is 0.259 e. The van der Waals surface area contributed by atoms with Crippen LogP contribution < -0.4 is 10.5 Å². The van der Waals surface area contributed by atoms with Gasteiger partial charge in [0.15, 0.2) is 0 Å². The SMILES string of the molecule is Cc1c(C(=O)Nc2ccc(S(N)(=O)=O)cc2Cl)cnn1C. The number of sulfonamides is 1. The minimum atomic E-state index is -3.84. The molecule has 1 aromatic heterocycles. The number of nitrogens with zero attached hydrogens (tertiary/aromatic N) is 2. The monoisotopic (exact) mass is 328 g/mol. The Bertz CT molecular complexity index is 814. The van der Waals surface area contributed by atoms with Crippen molar-refractivity contribution in [1.82, 2.24) is 9.78 Å². The average molecular weight is 329 g/mol. The lowest BCUT2D eigenvalue weighted by Crippen LogP contribution is -2.15. The number of carbonyl (C=O) groups is 1. The molecule has 21 heavy (non-hydrogen) atoms. The van der Waals surface area contributed by atoms with Gasteiger partial charge in [0, 0.05) is 12.7 Å². The molecule has 0 unspecified atom stereocenters. The van der Waals surface area contributed by atoms with E-state index in [1.165, 1.54) is 24.4 Å². The number of hydrogen-bond acceptors (Lipinski definition) is 4. The molecule has 0 atom stereocenters. The molecule has 2 aromatic rings. The van der Waals surface area contributed by atoms with E-state index in [0.29, 0.717) is 11.3 Å². The van der Waals surface area contributed by atoms with Crippen molar-refractivity contribution in [3.8, 4) is 0 Å². The van der Waals surface area contributed by atoms with E-state index < -0.39 is 10.0 Å². The zero-order valence-corrected chi connectivity index (χ0v) is 12.9. The maximum absolute atomic E-state index is 12.1. The fourth-order valence-corrected chi connectivity index (χ4v) is 2.52. The van der Waals surface area contributed by atoms with Crippen LogP contribution in [0.1, 0.15) is 16.1 Å². The van der Waals surface area contributed by atoms with E-state index in [0.717, 1.165) is 0 Å². The summed E-state index contributed by atoms with van der Waals surface area (Å²) in [6.07, 6.45) is 1.44. The van der Waals surface area contributed by atoms with Crippen molar-refractivity contribution < 1.29 is 13.2 Å². The predicted octanol–water partition coefficient (Wildman–Crippen LogP) is 1.28. The molecular formula is C12H13ClN4O3S. The van der Waals surface area contributed by atoms with Crippen LogP contribution in [0.15, 0.2) is 29.3 Å². The standard InChI is InChI=1S/C12H13ClN4O3S/c1-7-9(6-15-17(7)2)12(18)16-11-4-3-8(5-10(11)13)21(14,19)20/h3-6H,1-2H3,(H,16,18)(H2,14,19,20). The van der Waals surface area contributed by atoms with E-state index >= 15 is 0 Å². The summed E-state index contributed by atoms with van der Waals surface area (Å²) in [5.41, 5.74) is 1.39. The third-order valence-electron chi connectivity index (χ3n) is 3.00. The number of benzene rings is 1. The Morgan fingerprint density at radius 1 is 1.43 bits per heavy atom. The van der Waals surface area contributed by atoms with Crippen molar-refractivity contribution in [3.63, 3.8) is 0 Å². The number of primary sulfonamides is 1. The normalized spacial score (nSPS) is 11.4. The maximum atomic E-state index is 12.1. The number of hydrogen-bond donors (Lipinski definition) is 2. The van der Waals surface area contributed by atoms with Gasteiger partial charge < -0.3 is 5.32 Å². The van der Waals surface area contributed by atoms with E-state index in [4.69, 9.17) is 16.7 Å². The highest BCUT2D eigenvalue weighted by atomic mass is 35.5.